The number of carboxylic acid groups (broad SMARTS) is 1. The van der Waals surface area contributed by atoms with Crippen LogP contribution in [-0.2, 0) is 5.41 Å². The summed E-state index contributed by atoms with van der Waals surface area (Å²) in [6, 6.07) is 12.8. The molecule has 7 rings (SSSR count). The van der Waals surface area contributed by atoms with Crippen molar-refractivity contribution in [3.05, 3.63) is 53.6 Å². The maximum atomic E-state index is 11.1. The minimum absolute atomic E-state index is 0.199. The van der Waals surface area contributed by atoms with Crippen LogP contribution in [-0.4, -0.2) is 27.9 Å². The Morgan fingerprint density at radius 3 is 2.12 bits per heavy atom. The van der Waals surface area contributed by atoms with E-state index in [4.69, 9.17) is 14.3 Å². The highest BCUT2D eigenvalue weighted by Gasteiger charge is 2.52. The molecule has 4 saturated carbocycles. The van der Waals surface area contributed by atoms with Crippen LogP contribution in [0.25, 0.3) is 22.9 Å². The maximum Gasteiger partial charge on any atom is 0.335 e. The second-order valence-corrected chi connectivity index (χ2v) is 10.1. The lowest BCUT2D eigenvalue weighted by molar-refractivity contribution is -0.00631. The molecule has 4 aliphatic rings. The second kappa shape index (κ2) is 7.72. The summed E-state index contributed by atoms with van der Waals surface area (Å²) < 4.78 is 12.1. The van der Waals surface area contributed by atoms with Gasteiger partial charge in [-0.15, -0.1) is 10.2 Å². The van der Waals surface area contributed by atoms with Crippen LogP contribution in [0.2, 0.25) is 0 Å². The SMILES string of the molecule is CCOc1ccc(-c2nnc(-c3ccc(C(=O)O)cc3)o2)cc1C12CC3CC(CC(C3)C1)C2. The Bertz CT molecular complexity index is 1160. The van der Waals surface area contributed by atoms with Crippen LogP contribution in [0.1, 0.15) is 61.4 Å². The number of aromatic carboxylic acids is 1. The molecule has 170 valence electrons. The van der Waals surface area contributed by atoms with E-state index in [2.05, 4.69) is 22.3 Å². The van der Waals surface area contributed by atoms with Crippen molar-refractivity contribution in [1.29, 1.82) is 0 Å². The van der Waals surface area contributed by atoms with Gasteiger partial charge in [0.15, 0.2) is 0 Å². The fourth-order valence-electron chi connectivity index (χ4n) is 7.01. The second-order valence-electron chi connectivity index (χ2n) is 10.1. The van der Waals surface area contributed by atoms with Gasteiger partial charge >= 0.3 is 5.97 Å². The highest BCUT2D eigenvalue weighted by molar-refractivity contribution is 5.88. The van der Waals surface area contributed by atoms with Crippen LogP contribution >= 0.6 is 0 Å². The Morgan fingerprint density at radius 2 is 1.55 bits per heavy atom. The third kappa shape index (κ3) is 3.52. The van der Waals surface area contributed by atoms with Gasteiger partial charge in [0.1, 0.15) is 5.75 Å². The van der Waals surface area contributed by atoms with E-state index in [0.29, 0.717) is 24.0 Å². The molecule has 3 aromatic rings. The largest absolute Gasteiger partial charge is 0.494 e. The van der Waals surface area contributed by atoms with E-state index < -0.39 is 5.97 Å². The minimum atomic E-state index is -0.959. The molecule has 33 heavy (non-hydrogen) atoms. The summed E-state index contributed by atoms with van der Waals surface area (Å²) in [7, 11) is 0. The van der Waals surface area contributed by atoms with Crippen molar-refractivity contribution in [2.24, 2.45) is 17.8 Å². The molecule has 1 heterocycles. The molecule has 0 aliphatic heterocycles. The lowest BCUT2D eigenvalue weighted by atomic mass is 9.48. The number of hydrogen-bond acceptors (Lipinski definition) is 5. The van der Waals surface area contributed by atoms with Crippen LogP contribution in [0.5, 0.6) is 5.75 Å². The van der Waals surface area contributed by atoms with Crippen molar-refractivity contribution in [2.45, 2.75) is 50.9 Å². The predicted molar refractivity (Wildman–Crippen MR) is 123 cm³/mol. The first-order valence-corrected chi connectivity index (χ1v) is 12.0. The summed E-state index contributed by atoms with van der Waals surface area (Å²) in [6.45, 7) is 2.69. The fourth-order valence-corrected chi connectivity index (χ4v) is 7.01. The Kier molecular flexibility index (Phi) is 4.78. The first kappa shape index (κ1) is 20.5. The number of carbonyl (C=O) groups is 1. The van der Waals surface area contributed by atoms with Crippen molar-refractivity contribution < 1.29 is 19.1 Å². The zero-order valence-electron chi connectivity index (χ0n) is 18.8. The summed E-state index contributed by atoms with van der Waals surface area (Å²) in [6.07, 6.45) is 7.97. The molecule has 0 amide bonds. The van der Waals surface area contributed by atoms with Crippen molar-refractivity contribution in [1.82, 2.24) is 10.2 Å². The third-order valence-electron chi connectivity index (χ3n) is 7.94. The fraction of sp³-hybridized carbons (Fsp3) is 0.444. The maximum absolute atomic E-state index is 11.1. The molecular formula is C27H28N2O4. The minimum Gasteiger partial charge on any atom is -0.494 e. The molecule has 6 nitrogen and oxygen atoms in total. The van der Waals surface area contributed by atoms with Gasteiger partial charge in [-0.1, -0.05) is 0 Å². The Hall–Kier alpha value is -3.15. The van der Waals surface area contributed by atoms with Gasteiger partial charge in [-0.3, -0.25) is 0 Å². The number of hydrogen-bond donors (Lipinski definition) is 1. The summed E-state index contributed by atoms with van der Waals surface area (Å²) >= 11 is 0. The molecule has 1 aromatic heterocycles. The zero-order chi connectivity index (χ0) is 22.6. The van der Waals surface area contributed by atoms with E-state index >= 15 is 0 Å². The summed E-state index contributed by atoms with van der Waals surface area (Å²) in [5.74, 6) is 3.43. The summed E-state index contributed by atoms with van der Waals surface area (Å²) in [5, 5.41) is 17.6. The molecule has 2 aromatic carbocycles. The molecule has 4 bridgehead atoms. The van der Waals surface area contributed by atoms with E-state index in [1.165, 1.54) is 44.1 Å². The first-order valence-electron chi connectivity index (χ1n) is 12.0. The monoisotopic (exact) mass is 444 g/mol. The average Bonchev–Trinajstić information content (AvgIpc) is 3.29. The molecule has 4 aliphatic carbocycles. The number of nitrogens with zero attached hydrogens (tertiary/aromatic N) is 2. The molecule has 0 radical (unpaired) electrons. The standard InChI is InChI=1S/C27H28N2O4/c1-2-32-23-8-7-21(12-22(23)27-13-16-9-17(14-27)11-18(10-16)15-27)25-29-28-24(33-25)19-3-5-20(6-4-19)26(30)31/h3-8,12,16-18H,2,9-11,13-15H2,1H3,(H,30,31). The lowest BCUT2D eigenvalue weighted by Crippen LogP contribution is -2.48. The molecular weight excluding hydrogens is 416 g/mol. The highest BCUT2D eigenvalue weighted by atomic mass is 16.5. The summed E-state index contributed by atoms with van der Waals surface area (Å²) in [5.41, 5.74) is 3.35. The topological polar surface area (TPSA) is 85.5 Å². The van der Waals surface area contributed by atoms with Crippen molar-refractivity contribution >= 4 is 5.97 Å². The number of ether oxygens (including phenoxy) is 1. The predicted octanol–water partition coefficient (Wildman–Crippen LogP) is 5.97. The van der Waals surface area contributed by atoms with Crippen molar-refractivity contribution in [3.8, 4) is 28.7 Å². The number of rotatable bonds is 6. The zero-order valence-corrected chi connectivity index (χ0v) is 18.8. The molecule has 1 N–H and O–H groups in total. The molecule has 4 fully saturated rings. The smallest absolute Gasteiger partial charge is 0.335 e. The van der Waals surface area contributed by atoms with Gasteiger partial charge in [-0.25, -0.2) is 4.79 Å². The van der Waals surface area contributed by atoms with Crippen molar-refractivity contribution in [2.75, 3.05) is 6.61 Å². The van der Waals surface area contributed by atoms with E-state index in [-0.39, 0.29) is 11.0 Å². The van der Waals surface area contributed by atoms with Gasteiger partial charge in [0.25, 0.3) is 0 Å². The molecule has 0 saturated heterocycles. The third-order valence-corrected chi connectivity index (χ3v) is 7.94. The Morgan fingerprint density at radius 1 is 0.970 bits per heavy atom. The molecule has 6 heteroatoms. The Labute approximate surface area is 193 Å². The van der Waals surface area contributed by atoms with Crippen LogP contribution in [0.4, 0.5) is 0 Å². The van der Waals surface area contributed by atoms with Crippen LogP contribution in [0.3, 0.4) is 0 Å². The van der Waals surface area contributed by atoms with Gasteiger partial charge in [0.05, 0.1) is 12.2 Å². The van der Waals surface area contributed by atoms with Crippen LogP contribution < -0.4 is 4.74 Å². The lowest BCUT2D eigenvalue weighted by Gasteiger charge is -2.57. The molecule has 0 spiro atoms. The van der Waals surface area contributed by atoms with E-state index in [9.17, 15) is 4.79 Å². The highest BCUT2D eigenvalue weighted by Crippen LogP contribution is 2.62. The van der Waals surface area contributed by atoms with Gasteiger partial charge in [-0.2, -0.15) is 0 Å². The van der Waals surface area contributed by atoms with Gasteiger partial charge < -0.3 is 14.3 Å². The molecule has 0 atom stereocenters. The van der Waals surface area contributed by atoms with Crippen LogP contribution in [0, 0.1) is 17.8 Å². The van der Waals surface area contributed by atoms with E-state index in [1.807, 2.05) is 13.0 Å². The molecule has 0 unspecified atom stereocenters. The average molecular weight is 445 g/mol. The van der Waals surface area contributed by atoms with Crippen molar-refractivity contribution in [3.63, 3.8) is 0 Å². The quantitative estimate of drug-likeness (QED) is 0.504. The van der Waals surface area contributed by atoms with E-state index in [1.54, 1.807) is 24.3 Å². The van der Waals surface area contributed by atoms with E-state index in [0.717, 1.165) is 29.1 Å². The summed E-state index contributed by atoms with van der Waals surface area (Å²) in [4.78, 5) is 11.1. The van der Waals surface area contributed by atoms with Crippen LogP contribution in [0.15, 0.2) is 46.9 Å². The normalized spacial score (nSPS) is 27.6. The number of benzene rings is 2. The van der Waals surface area contributed by atoms with Gasteiger partial charge in [0, 0.05) is 16.7 Å². The first-order chi connectivity index (χ1) is 16.0. The van der Waals surface area contributed by atoms with Gasteiger partial charge in [0.2, 0.25) is 11.8 Å². The Balaban J connectivity index is 1.36. The van der Waals surface area contributed by atoms with Gasteiger partial charge in [-0.05, 0) is 111 Å². The number of aromatic nitrogens is 2. The number of carboxylic acids is 1.